The van der Waals surface area contributed by atoms with Crippen LogP contribution in [0, 0.1) is 5.41 Å². The van der Waals surface area contributed by atoms with Gasteiger partial charge in [-0.05, 0) is 54.3 Å². The summed E-state index contributed by atoms with van der Waals surface area (Å²) in [6.45, 7) is 10.0. The van der Waals surface area contributed by atoms with Gasteiger partial charge in [-0.25, -0.2) is 9.59 Å². The highest BCUT2D eigenvalue weighted by molar-refractivity contribution is 6.00. The normalized spacial score (nSPS) is 19.0. The molecular weight excluding hydrogens is 356 g/mol. The van der Waals surface area contributed by atoms with E-state index in [0.717, 1.165) is 22.0 Å². The number of aliphatic carboxylic acids is 1. The largest absolute Gasteiger partial charge is 0.478 e. The van der Waals surface area contributed by atoms with Crippen molar-refractivity contribution < 1.29 is 19.4 Å². The minimum absolute atomic E-state index is 0.184. The molecule has 1 aromatic carbocycles. The molecule has 150 valence electrons. The molecule has 1 amide bonds. The van der Waals surface area contributed by atoms with Crippen molar-refractivity contribution in [3.63, 3.8) is 0 Å². The molecule has 0 spiro atoms. The molecule has 0 radical (unpaired) electrons. The Balaban J connectivity index is 1.92. The lowest BCUT2D eigenvalue weighted by Gasteiger charge is -2.37. The topological polar surface area (TPSA) is 82.6 Å². The number of aromatic nitrogens is 1. The highest BCUT2D eigenvalue weighted by Gasteiger charge is 2.36. The predicted molar refractivity (Wildman–Crippen MR) is 109 cm³/mol. The summed E-state index contributed by atoms with van der Waals surface area (Å²) in [6, 6.07) is 7.29. The molecule has 2 N–H and O–H groups in total. The molecule has 0 fully saturated rings. The molecule has 1 aliphatic rings. The van der Waals surface area contributed by atoms with Gasteiger partial charge >= 0.3 is 12.1 Å². The molecular formula is C22H28N2O4. The molecule has 1 aromatic heterocycles. The molecule has 0 bridgehead atoms. The van der Waals surface area contributed by atoms with E-state index in [9.17, 15) is 14.7 Å². The molecule has 2 heterocycles. The maximum absolute atomic E-state index is 12.7. The molecule has 0 aliphatic carbocycles. The first-order chi connectivity index (χ1) is 13.1. The van der Waals surface area contributed by atoms with Crippen LogP contribution in [0.3, 0.4) is 0 Å². The Morgan fingerprint density at radius 3 is 2.64 bits per heavy atom. The Kier molecular flexibility index (Phi) is 5.24. The smallest absolute Gasteiger partial charge is 0.410 e. The lowest BCUT2D eigenvalue weighted by Crippen LogP contribution is -2.47. The van der Waals surface area contributed by atoms with Crippen LogP contribution >= 0.6 is 0 Å². The average molecular weight is 384 g/mol. The number of carboxylic acid groups (broad SMARTS) is 1. The van der Waals surface area contributed by atoms with Gasteiger partial charge in [0.15, 0.2) is 0 Å². The number of benzene rings is 1. The lowest BCUT2D eigenvalue weighted by molar-refractivity contribution is -0.133. The second kappa shape index (κ2) is 7.34. The van der Waals surface area contributed by atoms with E-state index in [2.05, 4.69) is 4.98 Å². The van der Waals surface area contributed by atoms with Gasteiger partial charge in [-0.2, -0.15) is 0 Å². The summed E-state index contributed by atoms with van der Waals surface area (Å²) in [5.41, 5.74) is 2.66. The zero-order valence-corrected chi connectivity index (χ0v) is 17.1. The van der Waals surface area contributed by atoms with Crippen molar-refractivity contribution in [2.45, 2.75) is 53.2 Å². The van der Waals surface area contributed by atoms with Gasteiger partial charge in [-0.1, -0.05) is 32.9 Å². The minimum Gasteiger partial charge on any atom is -0.478 e. The maximum Gasteiger partial charge on any atom is 0.410 e. The van der Waals surface area contributed by atoms with Gasteiger partial charge in [0.1, 0.15) is 6.10 Å². The van der Waals surface area contributed by atoms with Crippen LogP contribution in [0.4, 0.5) is 4.79 Å². The number of nitrogens with zero attached hydrogens (tertiary/aromatic N) is 1. The van der Waals surface area contributed by atoms with E-state index in [-0.39, 0.29) is 17.1 Å². The van der Waals surface area contributed by atoms with Gasteiger partial charge in [0.05, 0.1) is 11.6 Å². The Hall–Kier alpha value is -2.76. The predicted octanol–water partition coefficient (Wildman–Crippen LogP) is 4.67. The molecule has 6 heteroatoms. The van der Waals surface area contributed by atoms with Gasteiger partial charge < -0.3 is 19.7 Å². The molecule has 3 rings (SSSR count). The quantitative estimate of drug-likeness (QED) is 0.805. The van der Waals surface area contributed by atoms with Gasteiger partial charge in [0.25, 0.3) is 0 Å². The van der Waals surface area contributed by atoms with Crippen LogP contribution in [0.15, 0.2) is 36.0 Å². The number of hydrogen-bond donors (Lipinski definition) is 2. The summed E-state index contributed by atoms with van der Waals surface area (Å²) < 4.78 is 5.61. The van der Waals surface area contributed by atoms with Crippen LogP contribution in [-0.2, 0) is 9.53 Å². The number of H-pyrrole nitrogens is 1. The fourth-order valence-corrected chi connectivity index (χ4v) is 3.46. The number of fused-ring (bicyclic) bond motifs is 1. The summed E-state index contributed by atoms with van der Waals surface area (Å²) in [6.07, 6.45) is 1.59. The standard InChI is InChI=1S/C22H28N2O4/c1-13-19(20(25)26)17(16-7-6-15-8-10-23-18(15)12-16)9-11-24(13)21(27)28-14(2)22(3,4)5/h6-8,10,12-14,23H,9,11H2,1-5H3,(H,25,26). The van der Waals surface area contributed by atoms with E-state index < -0.39 is 18.1 Å². The van der Waals surface area contributed by atoms with E-state index >= 15 is 0 Å². The monoisotopic (exact) mass is 384 g/mol. The molecule has 6 nitrogen and oxygen atoms in total. The van der Waals surface area contributed by atoms with Crippen molar-refractivity contribution in [3.05, 3.63) is 41.6 Å². The molecule has 0 saturated carbocycles. The number of hydrogen-bond acceptors (Lipinski definition) is 3. The fourth-order valence-electron chi connectivity index (χ4n) is 3.46. The lowest BCUT2D eigenvalue weighted by atomic mass is 9.88. The van der Waals surface area contributed by atoms with Crippen LogP contribution in [0.2, 0.25) is 0 Å². The van der Waals surface area contributed by atoms with E-state index in [0.29, 0.717) is 13.0 Å². The van der Waals surface area contributed by atoms with E-state index in [4.69, 9.17) is 4.74 Å². The zero-order chi connectivity index (χ0) is 20.6. The number of carbonyl (C=O) groups excluding carboxylic acids is 1. The minimum atomic E-state index is -1.00. The Labute approximate surface area is 165 Å². The second-order valence-electron chi connectivity index (χ2n) is 8.49. The highest BCUT2D eigenvalue weighted by atomic mass is 16.6. The zero-order valence-electron chi connectivity index (χ0n) is 17.1. The Morgan fingerprint density at radius 1 is 1.29 bits per heavy atom. The first kappa shape index (κ1) is 20.0. The van der Waals surface area contributed by atoms with Crippen molar-refractivity contribution in [2.24, 2.45) is 5.41 Å². The molecule has 2 atom stereocenters. The number of nitrogens with one attached hydrogen (secondary N) is 1. The van der Waals surface area contributed by atoms with E-state index in [1.807, 2.05) is 58.2 Å². The number of aromatic amines is 1. The number of rotatable bonds is 3. The fraction of sp³-hybridized carbons (Fsp3) is 0.455. The van der Waals surface area contributed by atoms with Crippen LogP contribution < -0.4 is 0 Å². The SMILES string of the molecule is CC1C(C(=O)O)=C(c2ccc3cc[nH]c3c2)CCN1C(=O)OC(C)C(C)(C)C. The summed E-state index contributed by atoms with van der Waals surface area (Å²) >= 11 is 0. The van der Waals surface area contributed by atoms with E-state index in [1.54, 1.807) is 6.92 Å². The number of carbonyl (C=O) groups is 2. The molecule has 0 saturated heterocycles. The highest BCUT2D eigenvalue weighted by Crippen LogP contribution is 2.34. The van der Waals surface area contributed by atoms with Crippen molar-refractivity contribution in [1.82, 2.24) is 9.88 Å². The molecule has 1 aliphatic heterocycles. The first-order valence-corrected chi connectivity index (χ1v) is 9.60. The van der Waals surface area contributed by atoms with Crippen molar-refractivity contribution in [2.75, 3.05) is 6.54 Å². The summed E-state index contributed by atoms with van der Waals surface area (Å²) in [7, 11) is 0. The summed E-state index contributed by atoms with van der Waals surface area (Å²) in [5, 5.41) is 11.0. The number of amides is 1. The van der Waals surface area contributed by atoms with Crippen LogP contribution in [0.25, 0.3) is 16.5 Å². The van der Waals surface area contributed by atoms with Gasteiger partial charge in [-0.15, -0.1) is 0 Å². The first-order valence-electron chi connectivity index (χ1n) is 9.60. The third-order valence-electron chi connectivity index (χ3n) is 5.68. The Bertz CT molecular complexity index is 935. The van der Waals surface area contributed by atoms with Crippen molar-refractivity contribution >= 4 is 28.5 Å². The molecule has 2 aromatic rings. The van der Waals surface area contributed by atoms with Crippen molar-refractivity contribution in [1.29, 1.82) is 0 Å². The van der Waals surface area contributed by atoms with Gasteiger partial charge in [0, 0.05) is 18.3 Å². The van der Waals surface area contributed by atoms with Gasteiger partial charge in [0.2, 0.25) is 0 Å². The average Bonchev–Trinajstić information content (AvgIpc) is 3.07. The third-order valence-corrected chi connectivity index (χ3v) is 5.68. The van der Waals surface area contributed by atoms with E-state index in [1.165, 1.54) is 4.90 Å². The van der Waals surface area contributed by atoms with Crippen LogP contribution in [-0.4, -0.2) is 45.7 Å². The molecule has 28 heavy (non-hydrogen) atoms. The van der Waals surface area contributed by atoms with Crippen molar-refractivity contribution in [3.8, 4) is 0 Å². The van der Waals surface area contributed by atoms with Crippen LogP contribution in [0.5, 0.6) is 0 Å². The number of ether oxygens (including phenoxy) is 1. The second-order valence-corrected chi connectivity index (χ2v) is 8.49. The Morgan fingerprint density at radius 2 is 2.00 bits per heavy atom. The summed E-state index contributed by atoms with van der Waals surface area (Å²) in [5.74, 6) is -1.00. The van der Waals surface area contributed by atoms with Crippen LogP contribution in [0.1, 0.15) is 46.6 Å². The summed E-state index contributed by atoms with van der Waals surface area (Å²) in [4.78, 5) is 29.4. The molecule has 2 unspecified atom stereocenters. The maximum atomic E-state index is 12.7. The van der Waals surface area contributed by atoms with Gasteiger partial charge in [-0.3, -0.25) is 0 Å². The number of carboxylic acids is 1. The third kappa shape index (κ3) is 3.77.